The van der Waals surface area contributed by atoms with Gasteiger partial charge in [0.05, 0.1) is 0 Å². The standard InChI is InChI=1S/Ca.K.H3N.H3O4P.3H/c;;;1-5(2,3)4;;;/h;;1H3;(H3,1,2,3,4);;;. The van der Waals surface area contributed by atoms with E-state index >= 15 is 0 Å². The second kappa shape index (κ2) is 9.97. The van der Waals surface area contributed by atoms with Gasteiger partial charge in [-0.25, -0.2) is 4.57 Å². The van der Waals surface area contributed by atoms with Crippen molar-refractivity contribution in [2.24, 2.45) is 0 Å². The van der Waals surface area contributed by atoms with Gasteiger partial charge in [-0.15, -0.1) is 0 Å². The minimum absolute atomic E-state index is 0. The molecule has 0 amide bonds. The molecule has 0 saturated heterocycles. The van der Waals surface area contributed by atoms with Gasteiger partial charge in [-0.3, -0.25) is 0 Å². The van der Waals surface area contributed by atoms with Crippen LogP contribution in [0.5, 0.6) is 0 Å². The van der Waals surface area contributed by atoms with Crippen molar-refractivity contribution in [3.8, 4) is 0 Å². The first kappa shape index (κ1) is 22.4. The maximum absolute atomic E-state index is 8.88. The Morgan fingerprint density at radius 1 is 1.12 bits per heavy atom. The Hall–Kier alpha value is 2.97. The van der Waals surface area contributed by atoms with E-state index in [1.54, 1.807) is 0 Å². The van der Waals surface area contributed by atoms with Gasteiger partial charge >= 0.3 is 96.9 Å². The summed E-state index contributed by atoms with van der Waals surface area (Å²) in [7, 11) is -4.64. The second-order valence-corrected chi connectivity index (χ2v) is 1.54. The SMILES string of the molecule is N.O=P(O)(O)O.[CaH2].[KH]. The molecule has 0 fully saturated rings. The van der Waals surface area contributed by atoms with Crippen LogP contribution in [-0.4, -0.2) is 104 Å². The van der Waals surface area contributed by atoms with Gasteiger partial charge in [-0.1, -0.05) is 0 Å². The summed E-state index contributed by atoms with van der Waals surface area (Å²) in [5, 5.41) is 0. The first-order valence-electron chi connectivity index (χ1n) is 0.783. The molecule has 0 atom stereocenters. The summed E-state index contributed by atoms with van der Waals surface area (Å²) in [4.78, 5) is 21.6. The third-order valence-corrected chi connectivity index (χ3v) is 0. The van der Waals surface area contributed by atoms with Crippen LogP contribution in [0.1, 0.15) is 0 Å². The van der Waals surface area contributed by atoms with Gasteiger partial charge in [-0.2, -0.15) is 0 Å². The van der Waals surface area contributed by atoms with Gasteiger partial charge < -0.3 is 20.8 Å². The minimum atomic E-state index is -4.64. The molecule has 0 bridgehead atoms. The molecule has 0 heterocycles. The van der Waals surface area contributed by atoms with E-state index in [9.17, 15) is 0 Å². The summed E-state index contributed by atoms with van der Waals surface area (Å²) in [6, 6.07) is 0. The zero-order valence-corrected chi connectivity index (χ0v) is 3.80. The van der Waals surface area contributed by atoms with Crippen LogP contribution >= 0.6 is 7.82 Å². The molecule has 0 radical (unpaired) electrons. The molecule has 46 valence electrons. The third-order valence-electron chi connectivity index (χ3n) is 0. The zero-order valence-electron chi connectivity index (χ0n) is 2.90. The third kappa shape index (κ3) is 64.7. The van der Waals surface area contributed by atoms with Crippen LogP contribution in [0.2, 0.25) is 0 Å². The Kier molecular flexibility index (Phi) is 28.0. The molecule has 8 heavy (non-hydrogen) atoms. The summed E-state index contributed by atoms with van der Waals surface area (Å²) in [5.41, 5.74) is 0. The monoisotopic (exact) mass is 197 g/mol. The fourth-order valence-electron chi connectivity index (χ4n) is 0. The molecule has 0 aromatic carbocycles. The van der Waals surface area contributed by atoms with Crippen molar-refractivity contribution in [2.45, 2.75) is 0 Å². The molecule has 0 rings (SSSR count). The van der Waals surface area contributed by atoms with Crippen LogP contribution in [0, 0.1) is 0 Å². The van der Waals surface area contributed by atoms with Gasteiger partial charge in [0.25, 0.3) is 0 Å². The molecule has 0 aromatic heterocycles. The summed E-state index contributed by atoms with van der Waals surface area (Å²) in [6.45, 7) is 0. The average Bonchev–Trinajstić information content (AvgIpc) is 0.722. The van der Waals surface area contributed by atoms with Gasteiger partial charge in [0.1, 0.15) is 0 Å². The Morgan fingerprint density at radius 2 is 1.12 bits per heavy atom. The summed E-state index contributed by atoms with van der Waals surface area (Å²) in [5.74, 6) is 0. The van der Waals surface area contributed by atoms with Crippen LogP contribution < -0.4 is 6.15 Å². The van der Waals surface area contributed by atoms with Crippen molar-refractivity contribution < 1.29 is 19.2 Å². The van der Waals surface area contributed by atoms with Crippen molar-refractivity contribution in [3.05, 3.63) is 0 Å². The number of rotatable bonds is 0. The molecule has 6 N–H and O–H groups in total. The first-order chi connectivity index (χ1) is 2.00. The van der Waals surface area contributed by atoms with E-state index in [1.165, 1.54) is 0 Å². The van der Waals surface area contributed by atoms with E-state index in [4.69, 9.17) is 19.2 Å². The van der Waals surface area contributed by atoms with E-state index in [0.29, 0.717) is 0 Å². The molecular formula is H9CaKNO4P. The van der Waals surface area contributed by atoms with Crippen molar-refractivity contribution in [2.75, 3.05) is 0 Å². The van der Waals surface area contributed by atoms with Crippen molar-refractivity contribution in [3.63, 3.8) is 0 Å². The number of hydrogen-bond acceptors (Lipinski definition) is 2. The normalized spacial score (nSPS) is 7.38. The molecule has 8 heteroatoms. The molecule has 0 spiro atoms. The van der Waals surface area contributed by atoms with Crippen molar-refractivity contribution in [1.29, 1.82) is 0 Å². The number of hydrogen-bond donors (Lipinski definition) is 4. The molecule has 0 aliphatic rings. The Bertz CT molecular complexity index is 62.2. The van der Waals surface area contributed by atoms with Crippen molar-refractivity contribution in [1.82, 2.24) is 6.15 Å². The summed E-state index contributed by atoms with van der Waals surface area (Å²) < 4.78 is 8.88. The van der Waals surface area contributed by atoms with Crippen molar-refractivity contribution >= 4 is 96.9 Å². The molecule has 0 unspecified atom stereocenters. The Balaban J connectivity index is -0.0000000267. The average molecular weight is 197 g/mol. The number of phosphoric acid groups is 1. The first-order valence-corrected chi connectivity index (χ1v) is 2.35. The Labute approximate surface area is 119 Å². The predicted molar refractivity (Wildman–Crippen MR) is 35.0 cm³/mol. The molecule has 0 aromatic rings. The summed E-state index contributed by atoms with van der Waals surface area (Å²) in [6.07, 6.45) is 0. The van der Waals surface area contributed by atoms with Gasteiger partial charge in [0, 0.05) is 0 Å². The topological polar surface area (TPSA) is 113 Å². The fraction of sp³-hybridized carbons (Fsp3) is 0. The van der Waals surface area contributed by atoms with Crippen LogP contribution in [0.4, 0.5) is 0 Å². The van der Waals surface area contributed by atoms with Crippen LogP contribution in [0.25, 0.3) is 0 Å². The second-order valence-electron chi connectivity index (χ2n) is 0.513. The van der Waals surface area contributed by atoms with Gasteiger partial charge in [-0.05, 0) is 0 Å². The van der Waals surface area contributed by atoms with E-state index in [-0.39, 0.29) is 95.3 Å². The van der Waals surface area contributed by atoms with E-state index in [1.807, 2.05) is 0 Å². The van der Waals surface area contributed by atoms with Crippen LogP contribution in [-0.2, 0) is 4.57 Å². The maximum atomic E-state index is 8.88. The van der Waals surface area contributed by atoms with Gasteiger partial charge in [0.2, 0.25) is 0 Å². The van der Waals surface area contributed by atoms with E-state index < -0.39 is 7.82 Å². The molecule has 0 aliphatic heterocycles. The molecule has 5 nitrogen and oxygen atoms in total. The van der Waals surface area contributed by atoms with Crippen LogP contribution in [0.15, 0.2) is 0 Å². The summed E-state index contributed by atoms with van der Waals surface area (Å²) >= 11 is 0. The van der Waals surface area contributed by atoms with E-state index in [2.05, 4.69) is 0 Å². The van der Waals surface area contributed by atoms with Crippen LogP contribution in [0.3, 0.4) is 0 Å². The van der Waals surface area contributed by atoms with Gasteiger partial charge in [0.15, 0.2) is 0 Å². The predicted octanol–water partition coefficient (Wildman–Crippen LogP) is -2.33. The Morgan fingerprint density at radius 3 is 1.12 bits per heavy atom. The van der Waals surface area contributed by atoms with E-state index in [0.717, 1.165) is 0 Å². The zero-order chi connectivity index (χ0) is 4.50. The molecule has 0 saturated carbocycles. The molecule has 0 aliphatic carbocycles. The fourth-order valence-corrected chi connectivity index (χ4v) is 0. The molecular weight excluding hydrogens is 188 g/mol. The quantitative estimate of drug-likeness (QED) is 0.257.